The number of rotatable bonds is 0. The second-order valence-electron chi connectivity index (χ2n) is 7.94. The second kappa shape index (κ2) is 5.55. The van der Waals surface area contributed by atoms with Crippen LogP contribution in [0.2, 0.25) is 0 Å². The van der Waals surface area contributed by atoms with Crippen molar-refractivity contribution in [1.82, 2.24) is 0 Å². The number of fused-ring (bicyclic) bond motifs is 2. The van der Waals surface area contributed by atoms with Crippen LogP contribution in [-0.2, 0) is 9.59 Å². The fourth-order valence-corrected chi connectivity index (χ4v) is 4.70. The molecule has 0 spiro atoms. The molecule has 3 nitrogen and oxygen atoms in total. The zero-order valence-electron chi connectivity index (χ0n) is 14.3. The van der Waals surface area contributed by atoms with Crippen LogP contribution < -0.4 is 0 Å². The number of hydrogen-bond donors (Lipinski definition) is 1. The van der Waals surface area contributed by atoms with Crippen molar-refractivity contribution in [3.63, 3.8) is 0 Å². The van der Waals surface area contributed by atoms with E-state index in [4.69, 9.17) is 0 Å². The lowest BCUT2D eigenvalue weighted by atomic mass is 9.64. The predicted octanol–water partition coefficient (Wildman–Crippen LogP) is 3.53. The smallest absolute Gasteiger partial charge is 0.174 e. The summed E-state index contributed by atoms with van der Waals surface area (Å²) in [5.41, 5.74) is 2.98. The van der Waals surface area contributed by atoms with Gasteiger partial charge >= 0.3 is 0 Å². The van der Waals surface area contributed by atoms with Gasteiger partial charge in [0.1, 0.15) is 5.92 Å². The van der Waals surface area contributed by atoms with E-state index < -0.39 is 12.0 Å². The molecule has 3 aliphatic carbocycles. The van der Waals surface area contributed by atoms with Crippen molar-refractivity contribution in [3.05, 3.63) is 34.9 Å². The van der Waals surface area contributed by atoms with Gasteiger partial charge < -0.3 is 5.11 Å². The predicted molar refractivity (Wildman–Crippen MR) is 89.8 cm³/mol. The van der Waals surface area contributed by atoms with Gasteiger partial charge in [0.15, 0.2) is 11.6 Å². The van der Waals surface area contributed by atoms with E-state index in [1.165, 1.54) is 0 Å². The van der Waals surface area contributed by atoms with Crippen LogP contribution in [0.3, 0.4) is 0 Å². The van der Waals surface area contributed by atoms with Crippen LogP contribution in [0.15, 0.2) is 34.9 Å². The summed E-state index contributed by atoms with van der Waals surface area (Å²) < 4.78 is 0. The van der Waals surface area contributed by atoms with Crippen molar-refractivity contribution in [2.45, 2.75) is 59.0 Å². The van der Waals surface area contributed by atoms with E-state index in [2.05, 4.69) is 20.4 Å². The third kappa shape index (κ3) is 2.55. The Morgan fingerprint density at radius 1 is 1.17 bits per heavy atom. The van der Waals surface area contributed by atoms with E-state index in [-0.39, 0.29) is 17.0 Å². The Morgan fingerprint density at radius 2 is 1.83 bits per heavy atom. The van der Waals surface area contributed by atoms with E-state index in [0.29, 0.717) is 24.3 Å². The van der Waals surface area contributed by atoms with Crippen LogP contribution in [-0.4, -0.2) is 22.8 Å². The Labute approximate surface area is 138 Å². The summed E-state index contributed by atoms with van der Waals surface area (Å²) >= 11 is 0. The highest BCUT2D eigenvalue weighted by molar-refractivity contribution is 6.26. The van der Waals surface area contributed by atoms with E-state index in [9.17, 15) is 14.7 Å². The van der Waals surface area contributed by atoms with Crippen LogP contribution in [0.1, 0.15) is 52.9 Å². The summed E-state index contributed by atoms with van der Waals surface area (Å²) in [5.74, 6) is -0.384. The van der Waals surface area contributed by atoms with Gasteiger partial charge in [-0.1, -0.05) is 37.6 Å². The molecular weight excluding hydrogens is 288 g/mol. The molecule has 0 aromatic heterocycles. The third-order valence-corrected chi connectivity index (χ3v) is 6.03. The topological polar surface area (TPSA) is 54.4 Å². The minimum absolute atomic E-state index is 0.0277. The number of carbonyl (C=O) groups is 2. The quantitative estimate of drug-likeness (QED) is 0.549. The Balaban J connectivity index is 2.12. The van der Waals surface area contributed by atoms with Gasteiger partial charge in [0.05, 0.1) is 6.10 Å². The molecule has 0 heterocycles. The summed E-state index contributed by atoms with van der Waals surface area (Å²) in [6.07, 6.45) is 5.02. The van der Waals surface area contributed by atoms with E-state index in [0.717, 1.165) is 36.0 Å². The van der Waals surface area contributed by atoms with E-state index in [1.807, 2.05) is 0 Å². The molecule has 3 aliphatic rings. The van der Waals surface area contributed by atoms with Crippen molar-refractivity contribution < 1.29 is 14.7 Å². The number of Topliss-reactive ketones (excluding diaryl/α,β-unsaturated/α-hetero) is 2. The van der Waals surface area contributed by atoms with Gasteiger partial charge in [-0.2, -0.15) is 0 Å². The van der Waals surface area contributed by atoms with E-state index >= 15 is 0 Å². The Bertz CT molecular complexity index is 648. The normalized spacial score (nSPS) is 36.6. The molecule has 1 N–H and O–H groups in total. The standard InChI is InChI=1S/C20H26O3/c1-11-5-6-13-7-8-15-17(20(13,3)4)19(23)16(18(15)22)12(2)10-14(21)9-11/h10,13-14,16,21H,1,5-9H2,2-4H3/b12-10+/t13-,14+,16+/m1/s1. The highest BCUT2D eigenvalue weighted by Crippen LogP contribution is 2.52. The first-order valence-corrected chi connectivity index (χ1v) is 8.58. The molecule has 0 amide bonds. The zero-order valence-corrected chi connectivity index (χ0v) is 14.3. The Kier molecular flexibility index (Phi) is 3.96. The van der Waals surface area contributed by atoms with Gasteiger partial charge in [-0.3, -0.25) is 9.59 Å². The molecule has 124 valence electrons. The third-order valence-electron chi connectivity index (χ3n) is 6.03. The van der Waals surface area contributed by atoms with Crippen molar-refractivity contribution in [2.75, 3.05) is 0 Å². The monoisotopic (exact) mass is 314 g/mol. The summed E-state index contributed by atoms with van der Waals surface area (Å²) in [5, 5.41) is 10.2. The van der Waals surface area contributed by atoms with Crippen LogP contribution in [0.5, 0.6) is 0 Å². The minimum atomic E-state index is -0.708. The lowest BCUT2D eigenvalue weighted by Crippen LogP contribution is -2.33. The molecule has 0 aromatic rings. The van der Waals surface area contributed by atoms with Gasteiger partial charge in [0, 0.05) is 11.1 Å². The van der Waals surface area contributed by atoms with Gasteiger partial charge in [-0.15, -0.1) is 0 Å². The molecule has 3 atom stereocenters. The molecule has 0 saturated heterocycles. The van der Waals surface area contributed by atoms with Crippen LogP contribution >= 0.6 is 0 Å². The number of aliphatic hydroxyl groups is 1. The van der Waals surface area contributed by atoms with Crippen molar-refractivity contribution in [2.24, 2.45) is 17.3 Å². The molecule has 0 fully saturated rings. The van der Waals surface area contributed by atoms with Crippen molar-refractivity contribution in [1.29, 1.82) is 0 Å². The maximum absolute atomic E-state index is 13.0. The lowest BCUT2D eigenvalue weighted by molar-refractivity contribution is -0.125. The average Bonchev–Trinajstić information content (AvgIpc) is 2.69. The first kappa shape index (κ1) is 16.4. The maximum Gasteiger partial charge on any atom is 0.174 e. The average molecular weight is 314 g/mol. The summed E-state index contributed by atoms with van der Waals surface area (Å²) in [4.78, 5) is 25.8. The second-order valence-corrected chi connectivity index (χ2v) is 7.94. The van der Waals surface area contributed by atoms with Gasteiger partial charge in [-0.05, 0) is 50.4 Å². The molecule has 23 heavy (non-hydrogen) atoms. The van der Waals surface area contributed by atoms with Crippen LogP contribution in [0.4, 0.5) is 0 Å². The highest BCUT2D eigenvalue weighted by Gasteiger charge is 2.51. The summed E-state index contributed by atoms with van der Waals surface area (Å²) in [7, 11) is 0. The van der Waals surface area contributed by atoms with Crippen molar-refractivity contribution >= 4 is 11.6 Å². The zero-order chi connectivity index (χ0) is 16.9. The molecular formula is C20H26O3. The number of allylic oxidation sites excluding steroid dienone is 3. The molecule has 0 aromatic carbocycles. The molecule has 0 aliphatic heterocycles. The SMILES string of the molecule is C=C1CC[C@@H]2CCC3=C(C(=O)[C@H](C3=O)/C(C)=C/[C@@H](O)C1)C2(C)C. The van der Waals surface area contributed by atoms with Gasteiger partial charge in [-0.25, -0.2) is 0 Å². The summed E-state index contributed by atoms with van der Waals surface area (Å²) in [6, 6.07) is 0. The van der Waals surface area contributed by atoms with Gasteiger partial charge in [0.25, 0.3) is 0 Å². The van der Waals surface area contributed by atoms with Gasteiger partial charge in [0.2, 0.25) is 0 Å². The number of ketones is 2. The maximum atomic E-state index is 13.0. The lowest BCUT2D eigenvalue weighted by Gasteiger charge is -2.39. The highest BCUT2D eigenvalue weighted by atomic mass is 16.3. The largest absolute Gasteiger partial charge is 0.389 e. The van der Waals surface area contributed by atoms with Crippen LogP contribution in [0.25, 0.3) is 0 Å². The number of carbonyl (C=O) groups excluding carboxylic acids is 2. The minimum Gasteiger partial charge on any atom is -0.389 e. The molecule has 3 bridgehead atoms. The molecule has 3 rings (SSSR count). The number of hydrogen-bond acceptors (Lipinski definition) is 3. The van der Waals surface area contributed by atoms with Crippen molar-refractivity contribution in [3.8, 4) is 0 Å². The fraction of sp³-hybridized carbons (Fsp3) is 0.600. The Hall–Kier alpha value is -1.48. The van der Waals surface area contributed by atoms with E-state index in [1.54, 1.807) is 13.0 Å². The summed E-state index contributed by atoms with van der Waals surface area (Å²) in [6.45, 7) is 10.1. The first-order chi connectivity index (χ1) is 10.7. The fourth-order valence-electron chi connectivity index (χ4n) is 4.70. The van der Waals surface area contributed by atoms with Crippen LogP contribution in [0, 0.1) is 17.3 Å². The molecule has 0 saturated carbocycles. The molecule has 0 radical (unpaired) electrons. The Morgan fingerprint density at radius 3 is 2.52 bits per heavy atom. The number of aliphatic hydroxyl groups excluding tert-OH is 1. The molecule has 0 unspecified atom stereocenters. The molecule has 3 heteroatoms. The first-order valence-electron chi connectivity index (χ1n) is 8.58.